The number of carbonyl (C=O) groups is 6. The van der Waals surface area contributed by atoms with E-state index in [1.807, 2.05) is 37.8 Å². The number of anilines is 3. The molecule has 6 amide bonds. The van der Waals surface area contributed by atoms with Crippen molar-refractivity contribution in [3.05, 3.63) is 77.2 Å². The van der Waals surface area contributed by atoms with Crippen LogP contribution in [-0.2, 0) is 36.9 Å². The van der Waals surface area contributed by atoms with Gasteiger partial charge in [-0.1, -0.05) is 25.4 Å². The number of fused-ring (bicyclic) bond motifs is 2. The third kappa shape index (κ3) is 10.1. The number of amides is 6. The Morgan fingerprint density at radius 3 is 2.49 bits per heavy atom. The Hall–Kier alpha value is -7.25. The van der Waals surface area contributed by atoms with E-state index in [1.54, 1.807) is 55.9 Å². The molecule has 1 aromatic carbocycles. The minimum Gasteiger partial charge on any atom is -0.443 e. The number of piperidine rings is 1. The van der Waals surface area contributed by atoms with Crippen LogP contribution >= 0.6 is 0 Å². The van der Waals surface area contributed by atoms with Crippen molar-refractivity contribution in [3.8, 4) is 11.5 Å². The lowest BCUT2D eigenvalue weighted by Gasteiger charge is -2.36. The van der Waals surface area contributed by atoms with Gasteiger partial charge in [0.25, 0.3) is 11.8 Å². The minimum atomic E-state index is -0.839. The molecule has 2 saturated heterocycles. The largest absolute Gasteiger partial charge is 0.443 e. The Labute approximate surface area is 387 Å². The number of aryl methyl sites for hydroxylation is 2. The van der Waals surface area contributed by atoms with Crippen molar-refractivity contribution in [1.29, 1.82) is 0 Å². The Bertz CT molecular complexity index is 2710. The molecule has 67 heavy (non-hydrogen) atoms. The lowest BCUT2D eigenvalue weighted by atomic mass is 9.97. The number of rotatable bonds is 14. The van der Waals surface area contributed by atoms with Gasteiger partial charge in [-0.3, -0.25) is 29.0 Å². The summed E-state index contributed by atoms with van der Waals surface area (Å²) in [6.07, 6.45) is 8.39. The molecule has 5 aromatic rings. The van der Waals surface area contributed by atoms with E-state index in [9.17, 15) is 28.8 Å². The fraction of sp³-hybridized carbons (Fsp3) is 0.468. The molecule has 1 atom stereocenters. The van der Waals surface area contributed by atoms with E-state index in [4.69, 9.17) is 9.26 Å². The smallest absolute Gasteiger partial charge is 0.323 e. The van der Waals surface area contributed by atoms with Crippen molar-refractivity contribution < 1.29 is 38.0 Å². The molecule has 352 valence electrons. The highest BCUT2D eigenvalue weighted by Crippen LogP contribution is 2.33. The molecule has 2 N–H and O–H groups in total. The second kappa shape index (κ2) is 19.3. The second-order valence-corrected chi connectivity index (χ2v) is 18.5. The number of aromatic nitrogens is 6. The number of carbonyl (C=O) groups excluding carboxylic acids is 6. The summed E-state index contributed by atoms with van der Waals surface area (Å²) in [6, 6.07) is 7.96. The number of ether oxygens (including phenoxy) is 1. The van der Waals surface area contributed by atoms with Crippen LogP contribution in [0.5, 0.6) is 0 Å². The number of piperazine rings is 1. The fourth-order valence-corrected chi connectivity index (χ4v) is 8.62. The number of esters is 1. The zero-order valence-corrected chi connectivity index (χ0v) is 38.7. The van der Waals surface area contributed by atoms with Gasteiger partial charge in [0.2, 0.25) is 23.5 Å². The molecule has 0 saturated carbocycles. The molecule has 2 fully saturated rings. The zero-order chi connectivity index (χ0) is 47.6. The zero-order valence-electron chi connectivity index (χ0n) is 38.7. The van der Waals surface area contributed by atoms with E-state index in [2.05, 4.69) is 40.7 Å². The number of imide groups is 1. The average molecular weight is 917 g/mol. The highest BCUT2D eigenvalue weighted by atomic mass is 16.5. The van der Waals surface area contributed by atoms with Crippen molar-refractivity contribution in [3.63, 3.8) is 0 Å². The molecule has 8 rings (SSSR count). The molecular weight excluding hydrogens is 861 g/mol. The van der Waals surface area contributed by atoms with Crippen molar-refractivity contribution in [2.24, 2.45) is 5.41 Å². The van der Waals surface area contributed by atoms with Crippen LogP contribution in [0.3, 0.4) is 0 Å². The average Bonchev–Trinajstić information content (AvgIpc) is 4.05. The molecule has 7 heterocycles. The van der Waals surface area contributed by atoms with Gasteiger partial charge in [-0.25, -0.2) is 19.2 Å². The maximum Gasteiger partial charge on any atom is 0.323 e. The predicted molar refractivity (Wildman–Crippen MR) is 245 cm³/mol. The number of nitrogens with one attached hydrogen (secondary N) is 2. The maximum atomic E-state index is 13.5. The highest BCUT2D eigenvalue weighted by Gasteiger charge is 2.43. The third-order valence-corrected chi connectivity index (χ3v) is 12.3. The standard InChI is InChI=1S/C47H56N12O8/c1-28(2)41-34(25-48-36-16-17-50-59(36)41)52-46(65)51-31-22-29(3)40(49-24-31)42-53-37(67-54-42)10-8-7-9-11-38(60)56-20-18-55(19-21-56)32-12-13-33-30(23-32)26-57(43(33)62)35-14-15-39(61)58(44(35)63)27-66-45(64)47(4,5)6/h12-13,16-17,22-25,28,35H,7-11,14-15,18-21,26-27H2,1-6H3,(H2,51,52,65). The van der Waals surface area contributed by atoms with Crippen LogP contribution in [0.25, 0.3) is 17.2 Å². The van der Waals surface area contributed by atoms with Crippen LogP contribution in [0.4, 0.5) is 21.9 Å². The SMILES string of the molecule is Cc1cc(NC(=O)Nc2cnc3ccnn3c2C(C)C)cnc1-c1noc(CCCCCC(=O)N2CCN(c3ccc4c(c3)CN(C3CCC(=O)N(COC(=O)C(C)(C)C)C3=O)C4=O)CC2)n1. The van der Waals surface area contributed by atoms with Crippen LogP contribution in [-0.4, -0.2) is 119 Å². The van der Waals surface area contributed by atoms with E-state index in [-0.39, 0.29) is 37.1 Å². The van der Waals surface area contributed by atoms with Gasteiger partial charge >= 0.3 is 12.0 Å². The highest BCUT2D eigenvalue weighted by molar-refractivity contribution is 6.05. The van der Waals surface area contributed by atoms with E-state index < -0.39 is 42.0 Å². The van der Waals surface area contributed by atoms with Crippen LogP contribution in [0.1, 0.15) is 112 Å². The molecular formula is C47H56N12O8. The number of unbranched alkanes of at least 4 members (excludes halogenated alkanes) is 2. The van der Waals surface area contributed by atoms with E-state index in [1.165, 1.54) is 11.1 Å². The van der Waals surface area contributed by atoms with Gasteiger partial charge in [0.05, 0.1) is 41.1 Å². The normalized spacial score (nSPS) is 16.6. The molecule has 1 unspecified atom stereocenters. The van der Waals surface area contributed by atoms with Crippen LogP contribution in [0.15, 0.2) is 53.4 Å². The summed E-state index contributed by atoms with van der Waals surface area (Å²) in [5.41, 5.74) is 5.33. The molecule has 3 aliphatic heterocycles. The van der Waals surface area contributed by atoms with E-state index in [0.29, 0.717) is 79.0 Å². The summed E-state index contributed by atoms with van der Waals surface area (Å²) in [7, 11) is 0. The van der Waals surface area contributed by atoms with Gasteiger partial charge in [0.15, 0.2) is 12.4 Å². The van der Waals surface area contributed by atoms with Crippen molar-refractivity contribution in [1.82, 2.24) is 44.4 Å². The summed E-state index contributed by atoms with van der Waals surface area (Å²) in [6.45, 7) is 13.1. The first-order chi connectivity index (χ1) is 32.0. The first-order valence-corrected chi connectivity index (χ1v) is 22.7. The number of hydrogen-bond acceptors (Lipinski definition) is 14. The maximum absolute atomic E-state index is 13.5. The predicted octanol–water partition coefficient (Wildman–Crippen LogP) is 5.72. The van der Waals surface area contributed by atoms with Crippen molar-refractivity contribution >= 4 is 58.3 Å². The lowest BCUT2D eigenvalue weighted by Crippen LogP contribution is -2.55. The molecule has 0 bridgehead atoms. The molecule has 3 aliphatic rings. The molecule has 20 nitrogen and oxygen atoms in total. The van der Waals surface area contributed by atoms with Gasteiger partial charge in [-0.15, -0.1) is 0 Å². The number of hydrogen-bond donors (Lipinski definition) is 2. The number of benzene rings is 1. The number of urea groups is 1. The van der Waals surface area contributed by atoms with Gasteiger partial charge in [-0.2, -0.15) is 10.1 Å². The van der Waals surface area contributed by atoms with Crippen LogP contribution < -0.4 is 15.5 Å². The van der Waals surface area contributed by atoms with E-state index in [0.717, 1.165) is 46.7 Å². The third-order valence-electron chi connectivity index (χ3n) is 12.3. The second-order valence-electron chi connectivity index (χ2n) is 18.5. The van der Waals surface area contributed by atoms with E-state index >= 15 is 0 Å². The quantitative estimate of drug-likeness (QED) is 0.0771. The first kappa shape index (κ1) is 46.3. The monoisotopic (exact) mass is 916 g/mol. The molecule has 0 radical (unpaired) electrons. The van der Waals surface area contributed by atoms with Gasteiger partial charge in [0.1, 0.15) is 11.7 Å². The first-order valence-electron chi connectivity index (χ1n) is 22.7. The Kier molecular flexibility index (Phi) is 13.3. The molecule has 20 heteroatoms. The van der Waals surface area contributed by atoms with Gasteiger partial charge in [-0.05, 0) is 88.3 Å². The molecule has 0 spiro atoms. The topological polar surface area (TPSA) is 231 Å². The summed E-state index contributed by atoms with van der Waals surface area (Å²) < 4.78 is 12.5. The Balaban J connectivity index is 0.752. The van der Waals surface area contributed by atoms with Crippen molar-refractivity contribution in [2.75, 3.05) is 48.4 Å². The number of likely N-dealkylation sites (tertiary alicyclic amines) is 1. The Morgan fingerprint density at radius 1 is 0.955 bits per heavy atom. The number of nitrogens with zero attached hydrogens (tertiary/aromatic N) is 10. The summed E-state index contributed by atoms with van der Waals surface area (Å²) in [5, 5.41) is 14.2. The van der Waals surface area contributed by atoms with Crippen LogP contribution in [0, 0.1) is 12.3 Å². The van der Waals surface area contributed by atoms with Gasteiger partial charge in [0, 0.05) is 69.3 Å². The lowest BCUT2D eigenvalue weighted by molar-refractivity contribution is -0.168. The minimum absolute atomic E-state index is 0.0594. The van der Waals surface area contributed by atoms with Gasteiger partial charge < -0.3 is 34.6 Å². The number of pyridine rings is 1. The Morgan fingerprint density at radius 2 is 1.75 bits per heavy atom. The van der Waals surface area contributed by atoms with Crippen LogP contribution in [0.2, 0.25) is 0 Å². The van der Waals surface area contributed by atoms with Crippen molar-refractivity contribution in [2.45, 2.75) is 105 Å². The summed E-state index contributed by atoms with van der Waals surface area (Å²) in [4.78, 5) is 98.0. The summed E-state index contributed by atoms with van der Waals surface area (Å²) in [5.74, 6) is -0.761. The molecule has 4 aromatic heterocycles. The summed E-state index contributed by atoms with van der Waals surface area (Å²) >= 11 is 0. The fourth-order valence-electron chi connectivity index (χ4n) is 8.62. The molecule has 0 aliphatic carbocycles.